The van der Waals surface area contributed by atoms with Crippen molar-refractivity contribution in [3.05, 3.63) is 0 Å². The van der Waals surface area contributed by atoms with E-state index in [2.05, 4.69) is 6.92 Å². The average Bonchev–Trinajstić information content (AvgIpc) is 3.00. The lowest BCUT2D eigenvalue weighted by molar-refractivity contribution is -0.219. The van der Waals surface area contributed by atoms with Crippen LogP contribution < -0.4 is 0 Å². The number of carboxylic acid groups (broad SMARTS) is 1. The zero-order chi connectivity index (χ0) is 20.3. The molecular formula is C23H38O5. The van der Waals surface area contributed by atoms with E-state index in [1.165, 1.54) is 0 Å². The van der Waals surface area contributed by atoms with E-state index in [9.17, 15) is 20.1 Å². The monoisotopic (exact) mass is 394 g/mol. The fourth-order valence-electron chi connectivity index (χ4n) is 8.21. The molecule has 10 atom stereocenters. The number of hydrogen-bond donors (Lipinski definition) is 4. The lowest BCUT2D eigenvalue weighted by atomic mass is 9.45. The van der Waals surface area contributed by atoms with Gasteiger partial charge in [-0.2, -0.15) is 0 Å². The van der Waals surface area contributed by atoms with Crippen LogP contribution in [-0.4, -0.2) is 44.2 Å². The van der Waals surface area contributed by atoms with Gasteiger partial charge in [-0.1, -0.05) is 13.8 Å². The fraction of sp³-hybridized carbons (Fsp3) is 0.957. The SMILES string of the molecule is CC(CCC(=O)O)[C@H]1CCC2C3CC[C@@H]4C[C@H](O)CC[C@]4(C)C3C[C@H](O)[C@@]21O. The quantitative estimate of drug-likeness (QED) is 0.587. The van der Waals surface area contributed by atoms with Crippen LogP contribution in [-0.2, 0) is 4.79 Å². The van der Waals surface area contributed by atoms with Gasteiger partial charge in [-0.05, 0) is 98.7 Å². The van der Waals surface area contributed by atoms with Crippen molar-refractivity contribution in [1.29, 1.82) is 0 Å². The Hall–Kier alpha value is -0.650. The topological polar surface area (TPSA) is 98.0 Å². The minimum absolute atomic E-state index is 0.00786. The van der Waals surface area contributed by atoms with Gasteiger partial charge in [-0.3, -0.25) is 4.79 Å². The summed E-state index contributed by atoms with van der Waals surface area (Å²) in [5, 5.41) is 42.2. The standard InChI is InChI=1S/C23H38O5/c1-13(3-8-21(26)27)17-6-7-18-16-5-4-14-11-15(24)9-10-22(14,2)19(16)12-20(25)23(17,18)28/h13-20,24-25,28H,3-12H2,1-2H3,(H,26,27)/t13?,14-,15-,16?,17-,18?,19?,20+,22+,23+/m1/s1. The third-order valence-electron chi connectivity index (χ3n) is 9.72. The summed E-state index contributed by atoms with van der Waals surface area (Å²) in [5.41, 5.74) is -0.895. The third-order valence-corrected chi connectivity index (χ3v) is 9.72. The Morgan fingerprint density at radius 1 is 1.07 bits per heavy atom. The number of hydrogen-bond acceptors (Lipinski definition) is 4. The summed E-state index contributed by atoms with van der Waals surface area (Å²) in [6, 6.07) is 0. The molecule has 0 aromatic rings. The van der Waals surface area contributed by atoms with E-state index in [-0.39, 0.29) is 35.7 Å². The van der Waals surface area contributed by atoms with E-state index >= 15 is 0 Å². The van der Waals surface area contributed by atoms with Gasteiger partial charge < -0.3 is 20.4 Å². The van der Waals surface area contributed by atoms with E-state index in [4.69, 9.17) is 5.11 Å². The first kappa shape index (κ1) is 20.6. The summed E-state index contributed by atoms with van der Waals surface area (Å²) in [6.07, 6.45) is 7.27. The maximum atomic E-state index is 11.8. The molecule has 4 rings (SSSR count). The minimum Gasteiger partial charge on any atom is -0.481 e. The van der Waals surface area contributed by atoms with Crippen LogP contribution in [0.1, 0.15) is 78.1 Å². The van der Waals surface area contributed by atoms with Crippen LogP contribution in [0.15, 0.2) is 0 Å². The van der Waals surface area contributed by atoms with Gasteiger partial charge in [0, 0.05) is 6.42 Å². The number of carboxylic acids is 1. The van der Waals surface area contributed by atoms with Crippen molar-refractivity contribution in [2.24, 2.45) is 40.9 Å². The minimum atomic E-state index is -1.06. The van der Waals surface area contributed by atoms with Gasteiger partial charge in [0.25, 0.3) is 0 Å². The van der Waals surface area contributed by atoms with Crippen LogP contribution in [0.25, 0.3) is 0 Å². The van der Waals surface area contributed by atoms with Crippen LogP contribution in [0, 0.1) is 40.9 Å². The van der Waals surface area contributed by atoms with Gasteiger partial charge in [0.15, 0.2) is 0 Å². The fourth-order valence-corrected chi connectivity index (χ4v) is 8.21. The van der Waals surface area contributed by atoms with Crippen LogP contribution in [0.2, 0.25) is 0 Å². The maximum absolute atomic E-state index is 11.8. The molecule has 5 heteroatoms. The Balaban J connectivity index is 1.56. The van der Waals surface area contributed by atoms with Crippen LogP contribution in [0.3, 0.4) is 0 Å². The largest absolute Gasteiger partial charge is 0.481 e. The highest BCUT2D eigenvalue weighted by molar-refractivity contribution is 5.66. The molecular weight excluding hydrogens is 356 g/mol. The van der Waals surface area contributed by atoms with Gasteiger partial charge in [-0.25, -0.2) is 0 Å². The van der Waals surface area contributed by atoms with Crippen molar-refractivity contribution >= 4 is 5.97 Å². The summed E-state index contributed by atoms with van der Waals surface area (Å²) in [4.78, 5) is 11.0. The van der Waals surface area contributed by atoms with E-state index in [0.29, 0.717) is 30.6 Å². The number of rotatable bonds is 4. The first-order valence-corrected chi connectivity index (χ1v) is 11.5. The highest BCUT2D eigenvalue weighted by Crippen LogP contribution is 2.65. The molecule has 4 aliphatic carbocycles. The van der Waals surface area contributed by atoms with Crippen LogP contribution in [0.4, 0.5) is 0 Å². The number of aliphatic hydroxyl groups excluding tert-OH is 2. The number of aliphatic hydroxyl groups is 3. The summed E-state index contributed by atoms with van der Waals surface area (Å²) in [5.74, 6) is 0.836. The van der Waals surface area contributed by atoms with Gasteiger partial charge in [0.05, 0.1) is 17.8 Å². The lowest BCUT2D eigenvalue weighted by Gasteiger charge is -2.61. The van der Waals surface area contributed by atoms with Crippen molar-refractivity contribution in [3.8, 4) is 0 Å². The maximum Gasteiger partial charge on any atom is 0.303 e. The second kappa shape index (κ2) is 7.24. The lowest BCUT2D eigenvalue weighted by Crippen LogP contribution is -2.63. The summed E-state index contributed by atoms with van der Waals surface area (Å²) in [7, 11) is 0. The molecule has 28 heavy (non-hydrogen) atoms. The molecule has 4 N–H and O–H groups in total. The molecule has 160 valence electrons. The van der Waals surface area contributed by atoms with Crippen molar-refractivity contribution in [2.75, 3.05) is 0 Å². The molecule has 0 saturated heterocycles. The van der Waals surface area contributed by atoms with Gasteiger partial charge in [-0.15, -0.1) is 0 Å². The van der Waals surface area contributed by atoms with Gasteiger partial charge in [0.2, 0.25) is 0 Å². The molecule has 4 saturated carbocycles. The number of carbonyl (C=O) groups is 1. The zero-order valence-corrected chi connectivity index (χ0v) is 17.4. The Kier molecular flexibility index (Phi) is 5.33. The molecule has 4 fully saturated rings. The molecule has 0 heterocycles. The van der Waals surface area contributed by atoms with Crippen molar-refractivity contribution < 1.29 is 25.2 Å². The van der Waals surface area contributed by atoms with E-state index in [1.54, 1.807) is 0 Å². The molecule has 0 amide bonds. The predicted octanol–water partition coefficient (Wildman–Crippen LogP) is 3.20. The Labute approximate surface area is 168 Å². The average molecular weight is 395 g/mol. The second-order valence-electron chi connectivity index (χ2n) is 10.8. The molecule has 0 aliphatic heterocycles. The van der Waals surface area contributed by atoms with E-state index in [1.807, 2.05) is 6.92 Å². The summed E-state index contributed by atoms with van der Waals surface area (Å²) >= 11 is 0. The van der Waals surface area contributed by atoms with Crippen molar-refractivity contribution in [2.45, 2.75) is 95.9 Å². The molecule has 0 bridgehead atoms. The molecule has 4 unspecified atom stereocenters. The molecule has 0 aromatic carbocycles. The number of aliphatic carboxylic acids is 1. The molecule has 0 spiro atoms. The van der Waals surface area contributed by atoms with Crippen molar-refractivity contribution in [1.82, 2.24) is 0 Å². The van der Waals surface area contributed by atoms with E-state index < -0.39 is 17.7 Å². The second-order valence-corrected chi connectivity index (χ2v) is 10.8. The summed E-state index contributed by atoms with van der Waals surface area (Å²) in [6.45, 7) is 4.42. The normalized spacial score (nSPS) is 51.7. The molecule has 5 nitrogen and oxygen atoms in total. The van der Waals surface area contributed by atoms with E-state index in [0.717, 1.165) is 44.9 Å². The Morgan fingerprint density at radius 3 is 2.54 bits per heavy atom. The first-order chi connectivity index (χ1) is 13.2. The van der Waals surface area contributed by atoms with Crippen LogP contribution >= 0.6 is 0 Å². The summed E-state index contributed by atoms with van der Waals surface area (Å²) < 4.78 is 0. The van der Waals surface area contributed by atoms with Gasteiger partial charge >= 0.3 is 5.97 Å². The smallest absolute Gasteiger partial charge is 0.303 e. The third kappa shape index (κ3) is 3.04. The highest BCUT2D eigenvalue weighted by atomic mass is 16.4. The Bertz CT molecular complexity index is 608. The van der Waals surface area contributed by atoms with Crippen molar-refractivity contribution in [3.63, 3.8) is 0 Å². The predicted molar refractivity (Wildman–Crippen MR) is 105 cm³/mol. The van der Waals surface area contributed by atoms with Crippen LogP contribution in [0.5, 0.6) is 0 Å². The highest BCUT2D eigenvalue weighted by Gasteiger charge is 2.65. The number of fused-ring (bicyclic) bond motifs is 5. The first-order valence-electron chi connectivity index (χ1n) is 11.5. The zero-order valence-electron chi connectivity index (χ0n) is 17.4. The molecule has 4 aliphatic rings. The molecule has 0 aromatic heterocycles. The van der Waals surface area contributed by atoms with Gasteiger partial charge in [0.1, 0.15) is 0 Å². The Morgan fingerprint density at radius 2 is 1.82 bits per heavy atom. The molecule has 0 radical (unpaired) electrons.